The molecular formula is C39H62N4O6. The summed E-state index contributed by atoms with van der Waals surface area (Å²) in [6, 6.07) is 0.275. The second-order valence-corrected chi connectivity index (χ2v) is 16.8. The van der Waals surface area contributed by atoms with Crippen LogP contribution < -0.4 is 16.4 Å². The molecule has 5 fully saturated rings. The number of carbonyl (C=O) groups is 3. The number of piperidine rings is 1. The smallest absolute Gasteiger partial charge is 0.334 e. The molecule has 0 aromatic rings. The van der Waals surface area contributed by atoms with E-state index in [1.165, 1.54) is 0 Å². The van der Waals surface area contributed by atoms with Gasteiger partial charge in [0.2, 0.25) is 5.91 Å². The van der Waals surface area contributed by atoms with Gasteiger partial charge in [0.25, 0.3) is 0 Å². The van der Waals surface area contributed by atoms with Crippen LogP contribution in [0.4, 0.5) is 0 Å². The first kappa shape index (κ1) is 36.5. The molecule has 1 spiro atoms. The second kappa shape index (κ2) is 14.8. The largest absolute Gasteiger partial charge is 0.462 e. The average molecular weight is 683 g/mol. The van der Waals surface area contributed by atoms with Gasteiger partial charge >= 0.3 is 11.9 Å². The van der Waals surface area contributed by atoms with Crippen molar-refractivity contribution in [2.24, 2.45) is 47.2 Å². The van der Waals surface area contributed by atoms with Crippen molar-refractivity contribution in [1.29, 1.82) is 0 Å². The number of rotatable bonds is 10. The lowest BCUT2D eigenvalue weighted by molar-refractivity contribution is -0.227. The van der Waals surface area contributed by atoms with Gasteiger partial charge in [0.1, 0.15) is 17.3 Å². The van der Waals surface area contributed by atoms with Crippen LogP contribution in [0.3, 0.4) is 0 Å². The molecule has 10 nitrogen and oxygen atoms in total. The number of amides is 1. The minimum atomic E-state index is -0.920. The molecule has 0 bridgehead atoms. The zero-order chi connectivity index (χ0) is 35.1. The van der Waals surface area contributed by atoms with E-state index in [0.29, 0.717) is 62.0 Å². The van der Waals surface area contributed by atoms with Gasteiger partial charge in [-0.2, -0.15) is 0 Å². The molecule has 49 heavy (non-hydrogen) atoms. The van der Waals surface area contributed by atoms with Crippen LogP contribution in [0.25, 0.3) is 0 Å². The summed E-state index contributed by atoms with van der Waals surface area (Å²) in [7, 11) is 1.99. The summed E-state index contributed by atoms with van der Waals surface area (Å²) in [6.45, 7) is 12.6. The van der Waals surface area contributed by atoms with E-state index in [1.54, 1.807) is 13.0 Å². The fourth-order valence-electron chi connectivity index (χ4n) is 10.3. The molecule has 4 N–H and O–H groups in total. The molecule has 12 unspecified atom stereocenters. The Bertz CT molecular complexity index is 1300. The first-order valence-electron chi connectivity index (χ1n) is 19.2. The predicted molar refractivity (Wildman–Crippen MR) is 188 cm³/mol. The summed E-state index contributed by atoms with van der Waals surface area (Å²) in [4.78, 5) is 42.0. The van der Waals surface area contributed by atoms with Gasteiger partial charge in [-0.3, -0.25) is 9.59 Å². The third-order valence-corrected chi connectivity index (χ3v) is 13.3. The summed E-state index contributed by atoms with van der Waals surface area (Å²) in [6.07, 6.45) is 13.4. The Morgan fingerprint density at radius 1 is 1.20 bits per heavy atom. The number of nitrogens with two attached hydrogens (primary N) is 1. The van der Waals surface area contributed by atoms with E-state index in [4.69, 9.17) is 19.9 Å². The van der Waals surface area contributed by atoms with Crippen LogP contribution in [0, 0.1) is 41.4 Å². The van der Waals surface area contributed by atoms with Crippen LogP contribution in [0.5, 0.6) is 0 Å². The number of ether oxygens (including phenoxy) is 3. The average Bonchev–Trinajstić information content (AvgIpc) is 3.42. The van der Waals surface area contributed by atoms with Gasteiger partial charge in [0.05, 0.1) is 12.3 Å². The van der Waals surface area contributed by atoms with Crippen LogP contribution >= 0.6 is 0 Å². The molecule has 4 heterocycles. The van der Waals surface area contributed by atoms with Crippen molar-refractivity contribution in [2.75, 3.05) is 26.7 Å². The molecule has 4 aliphatic heterocycles. The van der Waals surface area contributed by atoms with Gasteiger partial charge < -0.3 is 35.5 Å². The van der Waals surface area contributed by atoms with E-state index in [-0.39, 0.29) is 65.9 Å². The van der Waals surface area contributed by atoms with Crippen molar-refractivity contribution in [3.63, 3.8) is 0 Å². The third-order valence-electron chi connectivity index (χ3n) is 13.3. The van der Waals surface area contributed by atoms with E-state index in [2.05, 4.69) is 48.5 Å². The van der Waals surface area contributed by atoms with Crippen LogP contribution in [0.1, 0.15) is 98.8 Å². The number of hydrogen-bond acceptors (Lipinski definition) is 9. The van der Waals surface area contributed by atoms with E-state index >= 15 is 0 Å². The first-order valence-corrected chi connectivity index (χ1v) is 19.2. The van der Waals surface area contributed by atoms with E-state index < -0.39 is 11.2 Å². The molecule has 1 amide bonds. The molecule has 12 atom stereocenters. The molecule has 274 valence electrons. The highest BCUT2D eigenvalue weighted by Crippen LogP contribution is 2.59. The van der Waals surface area contributed by atoms with Crippen LogP contribution in [0.2, 0.25) is 0 Å². The SMILES string of the molecule is CC=C(C)C(=O)OC1(C)CC=CC(C2CC(N)NCC2CC(=O)N2CC(CNC)C2CCC(C)C)C12CC1CC3CCC(=O)OC3CC1O2. The van der Waals surface area contributed by atoms with Crippen molar-refractivity contribution >= 4 is 17.8 Å². The Morgan fingerprint density at radius 3 is 2.73 bits per heavy atom. The minimum absolute atomic E-state index is 0.0537. The summed E-state index contributed by atoms with van der Waals surface area (Å²) >= 11 is 0. The van der Waals surface area contributed by atoms with Crippen molar-refractivity contribution in [3.05, 3.63) is 23.8 Å². The third kappa shape index (κ3) is 7.13. The maximum absolute atomic E-state index is 14.2. The lowest BCUT2D eigenvalue weighted by Gasteiger charge is -2.55. The quantitative estimate of drug-likeness (QED) is 0.174. The Labute approximate surface area is 293 Å². The maximum Gasteiger partial charge on any atom is 0.334 e. The monoisotopic (exact) mass is 682 g/mol. The standard InChI is InChI=1S/C39H62N4O6/c1-7-24(4)37(46)49-38(5)14-8-9-30(39(38)19-26-15-25-11-13-36(45)47-32(25)18-33(26)48-39)29-17-34(40)42-21-27(29)16-35(44)43-22-28(20-41-6)31(43)12-10-23(2)3/h7-9,23,25-34,41-42H,10-22,40H2,1-6H3. The number of nitrogens with one attached hydrogen (secondary N) is 2. The van der Waals surface area contributed by atoms with Crippen LogP contribution in [0.15, 0.2) is 23.8 Å². The molecule has 6 rings (SSSR count). The van der Waals surface area contributed by atoms with Crippen molar-refractivity contribution in [2.45, 2.75) is 134 Å². The number of fused-ring (bicyclic) bond motifs is 2. The fraction of sp³-hybridized carbons (Fsp3) is 0.821. The van der Waals surface area contributed by atoms with E-state index in [9.17, 15) is 14.4 Å². The van der Waals surface area contributed by atoms with Crippen LogP contribution in [-0.2, 0) is 28.6 Å². The second-order valence-electron chi connectivity index (χ2n) is 16.8. The maximum atomic E-state index is 14.2. The summed E-state index contributed by atoms with van der Waals surface area (Å²) in [5.74, 6) is 1.49. The first-order chi connectivity index (χ1) is 23.4. The number of esters is 2. The molecule has 6 aliphatic rings. The topological polar surface area (TPSA) is 132 Å². The molecule has 0 aromatic heterocycles. The fourth-order valence-corrected chi connectivity index (χ4v) is 10.3. The number of hydrogen-bond donors (Lipinski definition) is 3. The number of likely N-dealkylation sites (tertiary alicyclic amines) is 1. The van der Waals surface area contributed by atoms with Crippen molar-refractivity contribution in [3.8, 4) is 0 Å². The van der Waals surface area contributed by atoms with Crippen molar-refractivity contribution in [1.82, 2.24) is 15.5 Å². The molecule has 2 aliphatic carbocycles. The van der Waals surface area contributed by atoms with Gasteiger partial charge in [0.15, 0.2) is 0 Å². The van der Waals surface area contributed by atoms with Gasteiger partial charge in [0, 0.05) is 68.8 Å². The molecule has 0 radical (unpaired) electrons. The van der Waals surface area contributed by atoms with Crippen molar-refractivity contribution < 1.29 is 28.6 Å². The van der Waals surface area contributed by atoms with Crippen LogP contribution in [-0.4, -0.2) is 85.0 Å². The Kier molecular flexibility index (Phi) is 11.0. The van der Waals surface area contributed by atoms with E-state index in [1.807, 2.05) is 14.0 Å². The molecular weight excluding hydrogens is 620 g/mol. The lowest BCUT2D eigenvalue weighted by atomic mass is 9.58. The summed E-state index contributed by atoms with van der Waals surface area (Å²) in [5.41, 5.74) is 5.50. The Balaban J connectivity index is 1.29. The van der Waals surface area contributed by atoms with Gasteiger partial charge in [-0.1, -0.05) is 32.1 Å². The van der Waals surface area contributed by atoms with Gasteiger partial charge in [-0.25, -0.2) is 4.79 Å². The molecule has 1 saturated carbocycles. The summed E-state index contributed by atoms with van der Waals surface area (Å²) < 4.78 is 19.7. The zero-order valence-electron chi connectivity index (χ0n) is 30.7. The number of nitrogens with zero attached hydrogens (tertiary/aromatic N) is 1. The predicted octanol–water partition coefficient (Wildman–Crippen LogP) is 4.47. The zero-order valence-corrected chi connectivity index (χ0v) is 30.7. The summed E-state index contributed by atoms with van der Waals surface area (Å²) in [5, 5.41) is 6.83. The highest BCUT2D eigenvalue weighted by Gasteiger charge is 2.66. The Morgan fingerprint density at radius 2 is 2.00 bits per heavy atom. The molecule has 0 aromatic carbocycles. The number of allylic oxidation sites excluding steroid dienone is 1. The Hall–Kier alpha value is -2.27. The highest BCUT2D eigenvalue weighted by atomic mass is 16.6. The van der Waals surface area contributed by atoms with E-state index in [0.717, 1.165) is 45.2 Å². The van der Waals surface area contributed by atoms with Gasteiger partial charge in [-0.05, 0) is 95.9 Å². The highest BCUT2D eigenvalue weighted by molar-refractivity contribution is 5.88. The lowest BCUT2D eigenvalue weighted by Crippen LogP contribution is -2.65. The minimum Gasteiger partial charge on any atom is -0.462 e. The normalized spacial score (nSPS) is 42.0. The number of carbonyl (C=O) groups excluding carboxylic acids is 3. The van der Waals surface area contributed by atoms with Gasteiger partial charge in [-0.15, -0.1) is 0 Å². The molecule has 10 heteroatoms. The molecule has 4 saturated heterocycles.